The molecule has 1 amide bonds. The molecule has 0 aliphatic rings. The average molecular weight is 503 g/mol. The van der Waals surface area contributed by atoms with Gasteiger partial charge < -0.3 is 14.0 Å². The van der Waals surface area contributed by atoms with Crippen molar-refractivity contribution in [3.63, 3.8) is 0 Å². The van der Waals surface area contributed by atoms with Crippen molar-refractivity contribution in [3.05, 3.63) is 16.6 Å². The van der Waals surface area contributed by atoms with Crippen LogP contribution in [0.4, 0.5) is 4.79 Å². The second kappa shape index (κ2) is 9.86. The van der Waals surface area contributed by atoms with Gasteiger partial charge >= 0.3 is 6.09 Å². The molecule has 9 heteroatoms. The van der Waals surface area contributed by atoms with E-state index >= 15 is 0 Å². The molecule has 0 saturated carbocycles. The molecule has 2 atom stereocenters. The molecule has 1 rings (SSSR count). The number of carbonyl (C=O) groups is 1. The van der Waals surface area contributed by atoms with Gasteiger partial charge in [-0.2, -0.15) is 0 Å². The Bertz CT molecular complexity index is 748. The Morgan fingerprint density at radius 2 is 1.53 bits per heavy atom. The van der Waals surface area contributed by atoms with E-state index in [0.717, 1.165) is 5.01 Å². The molecule has 0 bridgehead atoms. The van der Waals surface area contributed by atoms with Crippen LogP contribution in [0.2, 0.25) is 36.3 Å². The van der Waals surface area contributed by atoms with E-state index in [0.29, 0.717) is 6.61 Å². The highest BCUT2D eigenvalue weighted by atomic mass is 32.1. The Morgan fingerprint density at radius 1 is 1.03 bits per heavy atom. The number of rotatable bonds is 8. The molecule has 1 aromatic heterocycles. The first-order valence-electron chi connectivity index (χ1n) is 11.4. The van der Waals surface area contributed by atoms with Crippen LogP contribution < -0.4 is 0 Å². The van der Waals surface area contributed by atoms with E-state index in [1.54, 1.807) is 6.20 Å². The summed E-state index contributed by atoms with van der Waals surface area (Å²) in [5.74, 6) is 0. The molecule has 0 aliphatic heterocycles. The molecule has 1 aromatic rings. The minimum atomic E-state index is -2.23. The topological polar surface area (TPSA) is 71.9 Å². The molecule has 0 unspecified atom stereocenters. The van der Waals surface area contributed by atoms with E-state index in [2.05, 4.69) is 72.7 Å². The third-order valence-corrected chi connectivity index (χ3v) is 16.8. The number of thiazole rings is 1. The van der Waals surface area contributed by atoms with Gasteiger partial charge in [0.15, 0.2) is 16.6 Å². The SMILES string of the molecule is CC(C)(C)N(C(=O)O)[C@@H](c1nccs1)[C@@H](CO[Si](C)(C)C(C)(C)C)O[Si](C)(C)C(C)(C)C. The van der Waals surface area contributed by atoms with Gasteiger partial charge in [0.2, 0.25) is 0 Å². The fraction of sp³-hybridized carbons (Fsp3) is 0.826. The van der Waals surface area contributed by atoms with Crippen LogP contribution in [0.1, 0.15) is 73.4 Å². The van der Waals surface area contributed by atoms with Crippen LogP contribution in [0.5, 0.6) is 0 Å². The van der Waals surface area contributed by atoms with Crippen LogP contribution in [-0.2, 0) is 8.85 Å². The summed E-state index contributed by atoms with van der Waals surface area (Å²) in [6.07, 6.45) is 0.300. The third-order valence-electron chi connectivity index (χ3n) is 6.93. The zero-order chi connectivity index (χ0) is 25.3. The lowest BCUT2D eigenvalue weighted by atomic mass is 10.0. The highest BCUT2D eigenvalue weighted by molar-refractivity contribution is 7.09. The summed E-state index contributed by atoms with van der Waals surface area (Å²) in [6, 6.07) is -0.550. The van der Waals surface area contributed by atoms with Gasteiger partial charge in [-0.05, 0) is 57.0 Å². The van der Waals surface area contributed by atoms with Crippen LogP contribution in [0.3, 0.4) is 0 Å². The minimum absolute atomic E-state index is 0.0224. The van der Waals surface area contributed by atoms with Crippen molar-refractivity contribution in [2.45, 2.75) is 116 Å². The molecule has 186 valence electrons. The van der Waals surface area contributed by atoms with Gasteiger partial charge in [0.05, 0.1) is 12.7 Å². The monoisotopic (exact) mass is 502 g/mol. The van der Waals surface area contributed by atoms with E-state index in [1.807, 2.05) is 26.2 Å². The van der Waals surface area contributed by atoms with Crippen LogP contribution in [0.15, 0.2) is 11.6 Å². The van der Waals surface area contributed by atoms with Gasteiger partial charge in [-0.25, -0.2) is 9.78 Å². The predicted octanol–water partition coefficient (Wildman–Crippen LogP) is 7.37. The predicted molar refractivity (Wildman–Crippen MR) is 140 cm³/mol. The molecule has 32 heavy (non-hydrogen) atoms. The molecular formula is C23H46N2O4SSi2. The lowest BCUT2D eigenvalue weighted by Gasteiger charge is -2.47. The van der Waals surface area contributed by atoms with Gasteiger partial charge in [0, 0.05) is 17.1 Å². The Kier molecular flexibility index (Phi) is 9.02. The first kappa shape index (κ1) is 29.3. The van der Waals surface area contributed by atoms with Crippen LogP contribution in [-0.4, -0.2) is 56.0 Å². The van der Waals surface area contributed by atoms with Crippen LogP contribution >= 0.6 is 11.3 Å². The van der Waals surface area contributed by atoms with Gasteiger partial charge in [-0.3, -0.25) is 4.90 Å². The summed E-state index contributed by atoms with van der Waals surface area (Å²) in [5, 5.41) is 12.9. The zero-order valence-corrected chi connectivity index (χ0v) is 25.3. The summed E-state index contributed by atoms with van der Waals surface area (Å²) >= 11 is 1.47. The maximum absolute atomic E-state index is 12.5. The molecule has 1 N–H and O–H groups in total. The summed E-state index contributed by atoms with van der Waals surface area (Å²) in [7, 11) is -4.31. The summed E-state index contributed by atoms with van der Waals surface area (Å²) in [5.41, 5.74) is -0.631. The number of nitrogens with zero attached hydrogens (tertiary/aromatic N) is 2. The van der Waals surface area contributed by atoms with Gasteiger partial charge in [0.25, 0.3) is 0 Å². The van der Waals surface area contributed by atoms with Gasteiger partial charge in [0.1, 0.15) is 11.0 Å². The Balaban J connectivity index is 3.58. The first-order valence-corrected chi connectivity index (χ1v) is 18.0. The second-order valence-electron chi connectivity index (χ2n) is 12.6. The molecule has 6 nitrogen and oxygen atoms in total. The smallest absolute Gasteiger partial charge is 0.408 e. The summed E-state index contributed by atoms with van der Waals surface area (Å²) in [4.78, 5) is 18.6. The Morgan fingerprint density at radius 3 is 1.88 bits per heavy atom. The standard InChI is InChI=1S/C23H46N2O4SSi2/c1-21(2,3)25(20(26)27)18(19-24-14-15-30-19)17(29-32(12,13)23(7,8)9)16-28-31(10,11)22(4,5)6/h14-15,17-18H,16H2,1-13H3,(H,26,27)/t17-,18-/m1/s1. The molecule has 0 saturated heterocycles. The highest BCUT2D eigenvalue weighted by Crippen LogP contribution is 2.43. The third kappa shape index (κ3) is 7.12. The largest absolute Gasteiger partial charge is 0.465 e. The number of carboxylic acid groups (broad SMARTS) is 1. The van der Waals surface area contributed by atoms with Crippen LogP contribution in [0, 0.1) is 0 Å². The fourth-order valence-electron chi connectivity index (χ4n) is 2.89. The van der Waals surface area contributed by atoms with E-state index in [-0.39, 0.29) is 10.1 Å². The van der Waals surface area contributed by atoms with E-state index in [1.165, 1.54) is 16.2 Å². The van der Waals surface area contributed by atoms with Crippen LogP contribution in [0.25, 0.3) is 0 Å². The number of aromatic nitrogens is 1. The molecule has 0 aromatic carbocycles. The van der Waals surface area contributed by atoms with E-state index in [9.17, 15) is 9.90 Å². The Labute approximate surface area is 202 Å². The summed E-state index contributed by atoms with van der Waals surface area (Å²) < 4.78 is 13.6. The number of hydrogen-bond donors (Lipinski definition) is 1. The number of hydrogen-bond acceptors (Lipinski definition) is 5. The lowest BCUT2D eigenvalue weighted by Crippen LogP contribution is -2.56. The van der Waals surface area contributed by atoms with Crippen molar-refractivity contribution >= 4 is 34.1 Å². The fourth-order valence-corrected chi connectivity index (χ4v) is 5.99. The zero-order valence-electron chi connectivity index (χ0n) is 22.5. The lowest BCUT2D eigenvalue weighted by molar-refractivity contribution is -0.00865. The maximum atomic E-state index is 12.5. The van der Waals surface area contributed by atoms with Gasteiger partial charge in [-0.15, -0.1) is 11.3 Å². The van der Waals surface area contributed by atoms with Crippen molar-refractivity contribution in [3.8, 4) is 0 Å². The van der Waals surface area contributed by atoms with Crippen molar-refractivity contribution in [2.75, 3.05) is 6.61 Å². The minimum Gasteiger partial charge on any atom is -0.465 e. The molecular weight excluding hydrogens is 457 g/mol. The van der Waals surface area contributed by atoms with Gasteiger partial charge in [-0.1, -0.05) is 41.5 Å². The van der Waals surface area contributed by atoms with E-state index < -0.39 is 40.4 Å². The molecule has 0 spiro atoms. The summed E-state index contributed by atoms with van der Waals surface area (Å²) in [6.45, 7) is 28.1. The average Bonchev–Trinajstić information content (AvgIpc) is 3.06. The Hall–Kier alpha value is -0.746. The van der Waals surface area contributed by atoms with Crippen molar-refractivity contribution in [1.82, 2.24) is 9.88 Å². The van der Waals surface area contributed by atoms with Crippen molar-refractivity contribution in [2.24, 2.45) is 0 Å². The highest BCUT2D eigenvalue weighted by Gasteiger charge is 2.47. The quantitative estimate of drug-likeness (QED) is 0.376. The second-order valence-corrected chi connectivity index (χ2v) is 23.1. The molecule has 0 fully saturated rings. The molecule has 0 aliphatic carbocycles. The normalized spacial score (nSPS) is 16.0. The molecule has 1 heterocycles. The maximum Gasteiger partial charge on any atom is 0.408 e. The first-order chi connectivity index (χ1) is 14.1. The molecule has 0 radical (unpaired) electrons. The number of amides is 1. The van der Waals surface area contributed by atoms with Crippen molar-refractivity contribution in [1.29, 1.82) is 0 Å². The van der Waals surface area contributed by atoms with E-state index in [4.69, 9.17) is 8.85 Å². The van der Waals surface area contributed by atoms with Crippen molar-refractivity contribution < 1.29 is 18.8 Å².